The molecule has 1 unspecified atom stereocenters. The number of hydrogen-bond acceptors (Lipinski definition) is 10. The van der Waals surface area contributed by atoms with Crippen molar-refractivity contribution >= 4 is 46.0 Å². The number of nitrogens with two attached hydrogens (primary N) is 1. The Hall–Kier alpha value is -4.06. The van der Waals surface area contributed by atoms with Gasteiger partial charge in [0.1, 0.15) is 0 Å². The molecule has 3 aromatic heterocycles. The fraction of sp³-hybridized carbons (Fsp3) is 0.158. The van der Waals surface area contributed by atoms with Crippen LogP contribution >= 0.6 is 11.3 Å². The molecule has 0 saturated carbocycles. The van der Waals surface area contributed by atoms with Gasteiger partial charge in [0.25, 0.3) is 5.91 Å². The second kappa shape index (κ2) is 7.99. The SMILES string of the molecule is COC(=O)C(C)(c1ccccc1)n1ncc2c(NNC(=O)c3nccs3)nc(N)nc21. The zero-order valence-electron chi connectivity index (χ0n) is 16.6. The number of fused-ring (bicyclic) bond motifs is 1. The summed E-state index contributed by atoms with van der Waals surface area (Å²) in [5.41, 5.74) is 10.8. The van der Waals surface area contributed by atoms with Crippen LogP contribution in [0.2, 0.25) is 0 Å². The highest BCUT2D eigenvalue weighted by molar-refractivity contribution is 7.11. The summed E-state index contributed by atoms with van der Waals surface area (Å²) in [6.45, 7) is 1.68. The minimum atomic E-state index is -1.32. The predicted octanol–water partition coefficient (Wildman–Crippen LogP) is 1.56. The van der Waals surface area contributed by atoms with Crippen LogP contribution in [0.1, 0.15) is 22.3 Å². The number of ether oxygens (including phenoxy) is 1. The number of methoxy groups -OCH3 is 1. The lowest BCUT2D eigenvalue weighted by molar-refractivity contribution is -0.148. The second-order valence-corrected chi connectivity index (χ2v) is 7.46. The summed E-state index contributed by atoms with van der Waals surface area (Å²) < 4.78 is 6.50. The number of nitrogens with zero attached hydrogens (tertiary/aromatic N) is 5. The lowest BCUT2D eigenvalue weighted by atomic mass is 9.92. The van der Waals surface area contributed by atoms with Gasteiger partial charge in [0.2, 0.25) is 5.95 Å². The zero-order valence-corrected chi connectivity index (χ0v) is 17.4. The molecule has 4 rings (SSSR count). The molecular weight excluding hydrogens is 420 g/mol. The Bertz CT molecular complexity index is 1240. The largest absolute Gasteiger partial charge is 0.467 e. The number of rotatable bonds is 6. The lowest BCUT2D eigenvalue weighted by Crippen LogP contribution is -2.42. The molecule has 0 spiro atoms. The number of nitrogens with one attached hydrogen (secondary N) is 2. The number of aromatic nitrogens is 5. The van der Waals surface area contributed by atoms with Crippen molar-refractivity contribution in [2.24, 2.45) is 0 Å². The monoisotopic (exact) mass is 438 g/mol. The van der Waals surface area contributed by atoms with Crippen LogP contribution in [0.5, 0.6) is 0 Å². The number of thiazole rings is 1. The molecule has 3 heterocycles. The van der Waals surface area contributed by atoms with Crippen molar-refractivity contribution in [3.63, 3.8) is 0 Å². The quantitative estimate of drug-likeness (QED) is 0.301. The number of hydrazine groups is 1. The van der Waals surface area contributed by atoms with Crippen LogP contribution in [-0.2, 0) is 15.1 Å². The van der Waals surface area contributed by atoms with E-state index in [9.17, 15) is 9.59 Å². The summed E-state index contributed by atoms with van der Waals surface area (Å²) in [5.74, 6) is -0.816. The summed E-state index contributed by atoms with van der Waals surface area (Å²) in [6, 6.07) is 9.06. The summed E-state index contributed by atoms with van der Waals surface area (Å²) in [6.07, 6.45) is 3.01. The Labute approximate surface area is 180 Å². The number of benzene rings is 1. The molecule has 11 nitrogen and oxygen atoms in total. The molecule has 31 heavy (non-hydrogen) atoms. The third-order valence-electron chi connectivity index (χ3n) is 4.71. The van der Waals surface area contributed by atoms with E-state index in [4.69, 9.17) is 10.5 Å². The van der Waals surface area contributed by atoms with Crippen LogP contribution in [0.15, 0.2) is 48.1 Å². The first-order valence-corrected chi connectivity index (χ1v) is 9.94. The van der Waals surface area contributed by atoms with Gasteiger partial charge in [-0.3, -0.25) is 15.6 Å². The summed E-state index contributed by atoms with van der Waals surface area (Å²) in [4.78, 5) is 37.4. The van der Waals surface area contributed by atoms with Crippen LogP contribution < -0.4 is 16.6 Å². The third kappa shape index (κ3) is 3.53. The molecular formula is C19H18N8O3S. The molecule has 4 aromatic rings. The van der Waals surface area contributed by atoms with E-state index in [-0.39, 0.29) is 22.4 Å². The summed E-state index contributed by atoms with van der Waals surface area (Å²) in [7, 11) is 1.31. The van der Waals surface area contributed by atoms with E-state index in [1.54, 1.807) is 24.4 Å². The Morgan fingerprint density at radius 1 is 1.23 bits per heavy atom. The first-order chi connectivity index (χ1) is 14.9. The van der Waals surface area contributed by atoms with Crippen LogP contribution in [0.4, 0.5) is 11.8 Å². The van der Waals surface area contributed by atoms with Gasteiger partial charge in [-0.05, 0) is 12.5 Å². The van der Waals surface area contributed by atoms with E-state index in [1.165, 1.54) is 35.5 Å². The fourth-order valence-corrected chi connectivity index (χ4v) is 3.67. The van der Waals surface area contributed by atoms with Gasteiger partial charge >= 0.3 is 5.97 Å². The number of carbonyl (C=O) groups excluding carboxylic acids is 2. The first-order valence-electron chi connectivity index (χ1n) is 9.06. The highest BCUT2D eigenvalue weighted by atomic mass is 32.1. The molecule has 0 radical (unpaired) electrons. The molecule has 0 aliphatic carbocycles. The second-order valence-electron chi connectivity index (χ2n) is 6.57. The van der Waals surface area contributed by atoms with E-state index in [1.807, 2.05) is 18.2 Å². The molecule has 0 aliphatic heterocycles. The molecule has 12 heteroatoms. The minimum absolute atomic E-state index is 0.0690. The van der Waals surface area contributed by atoms with E-state index < -0.39 is 17.4 Å². The molecule has 0 bridgehead atoms. The van der Waals surface area contributed by atoms with Crippen LogP contribution in [0.25, 0.3) is 11.0 Å². The van der Waals surface area contributed by atoms with E-state index in [0.29, 0.717) is 10.9 Å². The number of esters is 1. The maximum atomic E-state index is 12.9. The van der Waals surface area contributed by atoms with Crippen molar-refractivity contribution in [1.29, 1.82) is 0 Å². The number of amides is 1. The topological polar surface area (TPSA) is 150 Å². The van der Waals surface area contributed by atoms with Crippen molar-refractivity contribution in [3.05, 3.63) is 58.7 Å². The number of anilines is 2. The Morgan fingerprint density at radius 2 is 2.00 bits per heavy atom. The van der Waals surface area contributed by atoms with Crippen LogP contribution in [0, 0.1) is 0 Å². The maximum Gasteiger partial charge on any atom is 0.338 e. The fourth-order valence-electron chi connectivity index (χ4n) is 3.14. The summed E-state index contributed by atoms with van der Waals surface area (Å²) >= 11 is 1.20. The van der Waals surface area contributed by atoms with Gasteiger partial charge in [-0.25, -0.2) is 14.5 Å². The van der Waals surface area contributed by atoms with Crippen molar-refractivity contribution in [3.8, 4) is 0 Å². The predicted molar refractivity (Wildman–Crippen MR) is 114 cm³/mol. The Morgan fingerprint density at radius 3 is 2.68 bits per heavy atom. The van der Waals surface area contributed by atoms with Gasteiger partial charge in [0.05, 0.1) is 18.7 Å². The van der Waals surface area contributed by atoms with Gasteiger partial charge in [-0.15, -0.1) is 11.3 Å². The molecule has 1 amide bonds. The number of nitrogen functional groups attached to an aromatic ring is 1. The normalized spacial score (nSPS) is 12.8. The molecule has 158 valence electrons. The molecule has 4 N–H and O–H groups in total. The molecule has 1 aromatic carbocycles. The van der Waals surface area contributed by atoms with Crippen molar-refractivity contribution < 1.29 is 14.3 Å². The summed E-state index contributed by atoms with van der Waals surface area (Å²) in [5, 5.41) is 6.80. The van der Waals surface area contributed by atoms with Gasteiger partial charge in [-0.2, -0.15) is 15.1 Å². The van der Waals surface area contributed by atoms with E-state index in [2.05, 4.69) is 30.9 Å². The average Bonchev–Trinajstić information content (AvgIpc) is 3.47. The van der Waals surface area contributed by atoms with Crippen molar-refractivity contribution in [1.82, 2.24) is 30.2 Å². The highest BCUT2D eigenvalue weighted by Crippen LogP contribution is 2.32. The number of carbonyl (C=O) groups is 2. The van der Waals surface area contributed by atoms with E-state index >= 15 is 0 Å². The van der Waals surface area contributed by atoms with Gasteiger partial charge in [-0.1, -0.05) is 30.3 Å². The standard InChI is InChI=1S/C19H18N8O3S/c1-19(17(29)30-2,11-6-4-3-5-7-11)27-14-12(10-22-27)13(23-18(20)24-14)25-26-15(28)16-21-8-9-31-16/h3-10H,1-2H3,(H,26,28)(H3,20,23,24,25). The van der Waals surface area contributed by atoms with Gasteiger partial charge in [0.15, 0.2) is 22.0 Å². The molecule has 0 fully saturated rings. The van der Waals surface area contributed by atoms with Gasteiger partial charge in [0, 0.05) is 11.6 Å². The zero-order chi connectivity index (χ0) is 22.0. The Balaban J connectivity index is 1.78. The highest BCUT2D eigenvalue weighted by Gasteiger charge is 2.41. The minimum Gasteiger partial charge on any atom is -0.467 e. The van der Waals surface area contributed by atoms with Crippen molar-refractivity contribution in [2.75, 3.05) is 18.3 Å². The average molecular weight is 438 g/mol. The maximum absolute atomic E-state index is 12.9. The van der Waals surface area contributed by atoms with Crippen LogP contribution in [-0.4, -0.2) is 43.7 Å². The molecule has 0 aliphatic rings. The van der Waals surface area contributed by atoms with Crippen molar-refractivity contribution in [2.45, 2.75) is 12.5 Å². The van der Waals surface area contributed by atoms with Gasteiger partial charge < -0.3 is 10.5 Å². The molecule has 0 saturated heterocycles. The smallest absolute Gasteiger partial charge is 0.338 e. The Kier molecular flexibility index (Phi) is 5.21. The molecule has 1 atom stereocenters. The van der Waals surface area contributed by atoms with E-state index in [0.717, 1.165) is 0 Å². The lowest BCUT2D eigenvalue weighted by Gasteiger charge is -2.28. The van der Waals surface area contributed by atoms with Crippen LogP contribution in [0.3, 0.4) is 0 Å². The third-order valence-corrected chi connectivity index (χ3v) is 5.48. The first kappa shape index (κ1) is 20.2. The number of hydrogen-bond donors (Lipinski definition) is 3.